The van der Waals surface area contributed by atoms with E-state index in [-0.39, 0.29) is 4.91 Å². The quantitative estimate of drug-likeness (QED) is 0.620. The van der Waals surface area contributed by atoms with E-state index in [2.05, 4.69) is 22.5 Å². The Bertz CT molecular complexity index is 180. The van der Waals surface area contributed by atoms with E-state index >= 15 is 0 Å². The van der Waals surface area contributed by atoms with E-state index in [1.807, 2.05) is 0 Å². The van der Waals surface area contributed by atoms with E-state index in [4.69, 9.17) is 0 Å². The van der Waals surface area contributed by atoms with Gasteiger partial charge in [-0.15, -0.1) is 0 Å². The molecule has 0 fully saturated rings. The highest BCUT2D eigenvalue weighted by Crippen LogP contribution is 2.02. The number of alkyl halides is 1. The van der Waals surface area contributed by atoms with Gasteiger partial charge in [-0.3, -0.25) is 0 Å². The minimum Gasteiger partial charge on any atom is -0.224 e. The molecule has 0 amide bonds. The zero-order valence-electron chi connectivity index (χ0n) is 4.52. The second-order valence-electron chi connectivity index (χ2n) is 1.44. The molecule has 8 heavy (non-hydrogen) atoms. The van der Waals surface area contributed by atoms with Crippen molar-refractivity contribution < 1.29 is 8.42 Å². The highest BCUT2D eigenvalue weighted by Gasteiger charge is 2.04. The Hall–Kier alpha value is 0.170. The van der Waals surface area contributed by atoms with Crippen LogP contribution in [0.1, 0.15) is 0 Å². The first kappa shape index (κ1) is 8.17. The summed E-state index contributed by atoms with van der Waals surface area (Å²) in [5.74, 6) is 0. The summed E-state index contributed by atoms with van der Waals surface area (Å²) in [5.41, 5.74) is 0. The third kappa shape index (κ3) is 2.47. The topological polar surface area (TPSA) is 34.1 Å². The van der Waals surface area contributed by atoms with E-state index < -0.39 is 9.84 Å². The van der Waals surface area contributed by atoms with Gasteiger partial charge in [-0.05, 0) is 0 Å². The number of hydrogen-bond donors (Lipinski definition) is 0. The number of halogens is 1. The molecule has 0 bridgehead atoms. The van der Waals surface area contributed by atoms with Gasteiger partial charge in [0, 0.05) is 16.5 Å². The van der Waals surface area contributed by atoms with Crippen molar-refractivity contribution in [3.05, 3.63) is 11.5 Å². The lowest BCUT2D eigenvalue weighted by Crippen LogP contribution is -1.99. The number of allylic oxidation sites excluding steroid dienone is 1. The monoisotopic (exact) mass is 198 g/mol. The molecule has 2 nitrogen and oxygen atoms in total. The van der Waals surface area contributed by atoms with Gasteiger partial charge in [-0.1, -0.05) is 22.5 Å². The standard InChI is InChI=1S/C4H7BrO2S/c1-4(3-5)8(2,6)7/h1,3H2,2H3. The van der Waals surface area contributed by atoms with Crippen molar-refractivity contribution in [2.45, 2.75) is 0 Å². The van der Waals surface area contributed by atoms with Crippen LogP contribution in [0.2, 0.25) is 0 Å². The van der Waals surface area contributed by atoms with E-state index in [1.165, 1.54) is 0 Å². The Labute approximate surface area is 57.6 Å². The lowest BCUT2D eigenvalue weighted by molar-refractivity contribution is 0.608. The molecule has 0 aliphatic rings. The van der Waals surface area contributed by atoms with E-state index in [9.17, 15) is 8.42 Å². The highest BCUT2D eigenvalue weighted by molar-refractivity contribution is 9.09. The Morgan fingerprint density at radius 3 is 2.12 bits per heavy atom. The summed E-state index contributed by atoms with van der Waals surface area (Å²) in [6.07, 6.45) is 1.14. The zero-order chi connectivity index (χ0) is 6.78. The SMILES string of the molecule is C=C(CBr)S(C)(=O)=O. The maximum atomic E-state index is 10.4. The smallest absolute Gasteiger partial charge is 0.171 e. The minimum atomic E-state index is -2.99. The van der Waals surface area contributed by atoms with Gasteiger partial charge in [0.2, 0.25) is 0 Å². The van der Waals surface area contributed by atoms with Gasteiger partial charge >= 0.3 is 0 Å². The van der Waals surface area contributed by atoms with Crippen molar-refractivity contribution in [2.24, 2.45) is 0 Å². The van der Waals surface area contributed by atoms with Crippen molar-refractivity contribution in [3.63, 3.8) is 0 Å². The lowest BCUT2D eigenvalue weighted by atomic mass is 10.8. The molecule has 0 heterocycles. The fourth-order valence-corrected chi connectivity index (χ4v) is 1.54. The molecule has 0 aromatic rings. The normalized spacial score (nSPS) is 11.2. The second-order valence-corrected chi connectivity index (χ2v) is 4.13. The number of rotatable bonds is 2. The molecule has 0 aromatic heterocycles. The van der Waals surface area contributed by atoms with Crippen LogP contribution in [0, 0.1) is 0 Å². The van der Waals surface area contributed by atoms with Gasteiger partial charge in [0.25, 0.3) is 0 Å². The first-order valence-electron chi connectivity index (χ1n) is 1.92. The predicted octanol–water partition coefficient (Wildman–Crippen LogP) is 0.940. The summed E-state index contributed by atoms with van der Waals surface area (Å²) in [5, 5.41) is 0.325. The predicted molar refractivity (Wildman–Crippen MR) is 37.8 cm³/mol. The van der Waals surface area contributed by atoms with Crippen LogP contribution >= 0.6 is 15.9 Å². The minimum absolute atomic E-state index is 0.220. The van der Waals surface area contributed by atoms with E-state index in [0.717, 1.165) is 6.26 Å². The molecule has 0 saturated heterocycles. The van der Waals surface area contributed by atoms with Crippen LogP contribution in [0.3, 0.4) is 0 Å². The largest absolute Gasteiger partial charge is 0.224 e. The summed E-state index contributed by atoms with van der Waals surface area (Å²) in [6.45, 7) is 3.31. The molecular weight excluding hydrogens is 192 g/mol. The van der Waals surface area contributed by atoms with Gasteiger partial charge in [0.1, 0.15) is 0 Å². The maximum absolute atomic E-state index is 10.4. The van der Waals surface area contributed by atoms with Crippen molar-refractivity contribution in [3.8, 4) is 0 Å². The fourth-order valence-electron chi connectivity index (χ4n) is 0.0991. The molecule has 4 heteroatoms. The summed E-state index contributed by atoms with van der Waals surface area (Å²) < 4.78 is 20.9. The van der Waals surface area contributed by atoms with Crippen molar-refractivity contribution in [1.82, 2.24) is 0 Å². The van der Waals surface area contributed by atoms with Gasteiger partial charge in [-0.25, -0.2) is 8.42 Å². The number of hydrogen-bond acceptors (Lipinski definition) is 2. The molecule has 0 radical (unpaired) electrons. The molecule has 0 N–H and O–H groups in total. The van der Waals surface area contributed by atoms with Crippen molar-refractivity contribution in [2.75, 3.05) is 11.6 Å². The Morgan fingerprint density at radius 1 is 1.75 bits per heavy atom. The molecule has 0 unspecified atom stereocenters. The summed E-state index contributed by atoms with van der Waals surface area (Å²) in [4.78, 5) is 0.220. The van der Waals surface area contributed by atoms with Gasteiger partial charge in [-0.2, -0.15) is 0 Å². The van der Waals surface area contributed by atoms with Crippen molar-refractivity contribution in [1.29, 1.82) is 0 Å². The Balaban J connectivity index is 4.29. The molecular formula is C4H7BrO2S. The van der Waals surface area contributed by atoms with E-state index in [0.29, 0.717) is 5.33 Å². The first-order valence-corrected chi connectivity index (χ1v) is 4.93. The Kier molecular flexibility index (Phi) is 2.70. The zero-order valence-corrected chi connectivity index (χ0v) is 6.92. The van der Waals surface area contributed by atoms with Gasteiger partial charge < -0.3 is 0 Å². The van der Waals surface area contributed by atoms with Crippen LogP contribution in [0.5, 0.6) is 0 Å². The van der Waals surface area contributed by atoms with Crippen LogP contribution in [0.25, 0.3) is 0 Å². The number of sulfone groups is 1. The third-order valence-corrected chi connectivity index (χ3v) is 2.91. The van der Waals surface area contributed by atoms with Crippen LogP contribution in [-0.2, 0) is 9.84 Å². The Morgan fingerprint density at radius 2 is 2.12 bits per heavy atom. The maximum Gasteiger partial charge on any atom is 0.171 e. The van der Waals surface area contributed by atoms with Crippen LogP contribution in [0.15, 0.2) is 11.5 Å². The molecule has 0 saturated carbocycles. The summed E-state index contributed by atoms with van der Waals surface area (Å²) >= 11 is 2.97. The molecule has 0 aliphatic carbocycles. The summed E-state index contributed by atoms with van der Waals surface area (Å²) in [6, 6.07) is 0. The molecule has 0 spiro atoms. The molecule has 48 valence electrons. The third-order valence-electron chi connectivity index (χ3n) is 0.673. The molecule has 0 aromatic carbocycles. The summed E-state index contributed by atoms with van der Waals surface area (Å²) in [7, 11) is -2.99. The van der Waals surface area contributed by atoms with Crippen LogP contribution < -0.4 is 0 Å². The second kappa shape index (κ2) is 2.64. The first-order chi connectivity index (χ1) is 3.48. The molecule has 0 aliphatic heterocycles. The average Bonchev–Trinajstić information content (AvgIpc) is 1.62. The molecule has 0 rings (SSSR count). The lowest BCUT2D eigenvalue weighted by Gasteiger charge is -1.92. The fraction of sp³-hybridized carbons (Fsp3) is 0.500. The van der Waals surface area contributed by atoms with E-state index in [1.54, 1.807) is 0 Å². The van der Waals surface area contributed by atoms with Crippen molar-refractivity contribution >= 4 is 25.8 Å². The van der Waals surface area contributed by atoms with Crippen LogP contribution in [0.4, 0.5) is 0 Å². The van der Waals surface area contributed by atoms with Gasteiger partial charge in [0.05, 0.1) is 0 Å². The highest BCUT2D eigenvalue weighted by atomic mass is 79.9. The average molecular weight is 199 g/mol. The van der Waals surface area contributed by atoms with Crippen LogP contribution in [-0.4, -0.2) is 20.0 Å². The molecule has 0 atom stereocenters. The van der Waals surface area contributed by atoms with Gasteiger partial charge in [0.15, 0.2) is 9.84 Å².